The van der Waals surface area contributed by atoms with Gasteiger partial charge in [0.25, 0.3) is 6.54 Å². The fraction of sp³-hybridized carbons (Fsp3) is 0.375. The maximum atomic E-state index is 10.9. The van der Waals surface area contributed by atoms with Crippen LogP contribution < -0.4 is 14.8 Å². The Balaban J connectivity index is 2.01. The number of amidine groups is 1. The van der Waals surface area contributed by atoms with Gasteiger partial charge in [-0.2, -0.15) is 0 Å². The average molecular weight is 347 g/mol. The van der Waals surface area contributed by atoms with Gasteiger partial charge in [0.05, 0.1) is 20.5 Å². The lowest BCUT2D eigenvalue weighted by Gasteiger charge is -2.11. The molecule has 0 amide bonds. The standard InChI is InChI=1S/C16H21N5O4/c1-24-14-5-4-13(10-15(14)25-2)19-16(11-21(22)23)18-6-3-8-20-9-7-17-12-20/h4-5,7,9-10,12H,3,6,8,11H2,1-2H3,(H,18,19). The minimum absolute atomic E-state index is 0.294. The minimum atomic E-state index is -0.414. The summed E-state index contributed by atoms with van der Waals surface area (Å²) in [6.07, 6.45) is 6.05. The highest BCUT2D eigenvalue weighted by molar-refractivity contribution is 5.96. The van der Waals surface area contributed by atoms with E-state index < -0.39 is 4.92 Å². The number of ether oxygens (including phenoxy) is 2. The van der Waals surface area contributed by atoms with Crippen molar-refractivity contribution >= 4 is 11.5 Å². The Labute approximate surface area is 145 Å². The first-order valence-corrected chi connectivity index (χ1v) is 7.72. The van der Waals surface area contributed by atoms with Gasteiger partial charge in [-0.15, -0.1) is 0 Å². The van der Waals surface area contributed by atoms with Crippen molar-refractivity contribution in [2.24, 2.45) is 4.99 Å². The van der Waals surface area contributed by atoms with Crippen molar-refractivity contribution in [1.82, 2.24) is 9.55 Å². The molecule has 0 bridgehead atoms. The van der Waals surface area contributed by atoms with E-state index in [1.54, 1.807) is 37.8 Å². The van der Waals surface area contributed by atoms with E-state index in [2.05, 4.69) is 15.3 Å². The quantitative estimate of drug-likeness (QED) is 0.245. The zero-order chi connectivity index (χ0) is 18.1. The van der Waals surface area contributed by atoms with E-state index in [0.717, 1.165) is 13.0 Å². The molecule has 1 aromatic carbocycles. The van der Waals surface area contributed by atoms with E-state index in [1.807, 2.05) is 10.8 Å². The Morgan fingerprint density at radius 2 is 2.16 bits per heavy atom. The van der Waals surface area contributed by atoms with Crippen LogP contribution in [0.4, 0.5) is 5.69 Å². The van der Waals surface area contributed by atoms with Crippen LogP contribution in [0.25, 0.3) is 0 Å². The van der Waals surface area contributed by atoms with Gasteiger partial charge in [0, 0.05) is 42.2 Å². The van der Waals surface area contributed by atoms with Crippen molar-refractivity contribution in [1.29, 1.82) is 0 Å². The average Bonchev–Trinajstić information content (AvgIpc) is 3.11. The van der Waals surface area contributed by atoms with Crippen LogP contribution in [-0.4, -0.2) is 47.6 Å². The number of nitrogens with zero attached hydrogens (tertiary/aromatic N) is 4. The highest BCUT2D eigenvalue weighted by Gasteiger charge is 2.10. The number of benzene rings is 1. The first kappa shape index (κ1) is 18.2. The molecular weight excluding hydrogens is 326 g/mol. The number of aromatic nitrogens is 2. The summed E-state index contributed by atoms with van der Waals surface area (Å²) in [5, 5.41) is 13.9. The van der Waals surface area contributed by atoms with Gasteiger partial charge in [-0.05, 0) is 18.6 Å². The van der Waals surface area contributed by atoms with Crippen LogP contribution in [0.15, 0.2) is 41.9 Å². The summed E-state index contributed by atoms with van der Waals surface area (Å²) in [4.78, 5) is 18.7. The molecule has 0 unspecified atom stereocenters. The Morgan fingerprint density at radius 3 is 2.80 bits per heavy atom. The van der Waals surface area contributed by atoms with Crippen LogP contribution in [0.5, 0.6) is 11.5 Å². The molecule has 0 atom stereocenters. The minimum Gasteiger partial charge on any atom is -0.493 e. The largest absolute Gasteiger partial charge is 0.493 e. The third-order valence-corrected chi connectivity index (χ3v) is 3.39. The molecule has 0 spiro atoms. The van der Waals surface area contributed by atoms with Crippen molar-refractivity contribution in [2.45, 2.75) is 13.0 Å². The number of aryl methyl sites for hydroxylation is 1. The van der Waals surface area contributed by atoms with Crippen LogP contribution in [0.2, 0.25) is 0 Å². The second-order valence-electron chi connectivity index (χ2n) is 5.17. The predicted molar refractivity (Wildman–Crippen MR) is 94.2 cm³/mol. The van der Waals surface area contributed by atoms with Gasteiger partial charge < -0.3 is 19.4 Å². The topological polar surface area (TPSA) is 104 Å². The first-order valence-electron chi connectivity index (χ1n) is 7.72. The Morgan fingerprint density at radius 1 is 1.36 bits per heavy atom. The van der Waals surface area contributed by atoms with Crippen molar-refractivity contribution in [3.8, 4) is 11.5 Å². The first-order chi connectivity index (χ1) is 12.1. The zero-order valence-electron chi connectivity index (χ0n) is 14.2. The van der Waals surface area contributed by atoms with Gasteiger partial charge in [-0.25, -0.2) is 4.98 Å². The third-order valence-electron chi connectivity index (χ3n) is 3.39. The number of aliphatic imine (C=N–C) groups is 1. The number of hydrogen-bond donors (Lipinski definition) is 1. The molecule has 0 radical (unpaired) electrons. The predicted octanol–water partition coefficient (Wildman–Crippen LogP) is 2.08. The third kappa shape index (κ3) is 5.79. The number of nitro groups is 1. The Kier molecular flexibility index (Phi) is 6.76. The molecule has 1 N–H and O–H groups in total. The summed E-state index contributed by atoms with van der Waals surface area (Å²) in [6.45, 7) is 0.854. The molecule has 0 aliphatic carbocycles. The van der Waals surface area contributed by atoms with E-state index >= 15 is 0 Å². The summed E-state index contributed by atoms with van der Waals surface area (Å²) >= 11 is 0. The molecule has 2 rings (SSSR count). The number of nitrogens with one attached hydrogen (secondary N) is 1. The fourth-order valence-electron chi connectivity index (χ4n) is 2.22. The van der Waals surface area contributed by atoms with Crippen LogP contribution >= 0.6 is 0 Å². The summed E-state index contributed by atoms with van der Waals surface area (Å²) < 4.78 is 12.3. The van der Waals surface area contributed by atoms with Gasteiger partial charge in [0.1, 0.15) is 0 Å². The van der Waals surface area contributed by atoms with Crippen LogP contribution in [-0.2, 0) is 6.54 Å². The fourth-order valence-corrected chi connectivity index (χ4v) is 2.22. The number of methoxy groups -OCH3 is 2. The van der Waals surface area contributed by atoms with Crippen LogP contribution in [0.3, 0.4) is 0 Å². The van der Waals surface area contributed by atoms with Crippen molar-refractivity contribution in [3.63, 3.8) is 0 Å². The molecule has 9 nitrogen and oxygen atoms in total. The molecule has 0 aliphatic rings. The Bertz CT molecular complexity index is 715. The Hall–Kier alpha value is -3.10. The van der Waals surface area contributed by atoms with Crippen molar-refractivity contribution < 1.29 is 14.4 Å². The number of imidazole rings is 1. The van der Waals surface area contributed by atoms with Crippen molar-refractivity contribution in [2.75, 3.05) is 32.6 Å². The van der Waals surface area contributed by atoms with E-state index in [9.17, 15) is 10.1 Å². The normalized spacial score (nSPS) is 11.2. The highest BCUT2D eigenvalue weighted by atomic mass is 16.6. The molecule has 1 heterocycles. The second kappa shape index (κ2) is 9.26. The molecule has 2 aromatic rings. The number of hydrogen-bond acceptors (Lipinski definition) is 6. The molecule has 9 heteroatoms. The summed E-state index contributed by atoms with van der Waals surface area (Å²) in [5.41, 5.74) is 0.646. The molecule has 0 fully saturated rings. The second-order valence-corrected chi connectivity index (χ2v) is 5.17. The van der Waals surface area contributed by atoms with E-state index in [1.165, 1.54) is 7.11 Å². The summed E-state index contributed by atoms with van der Waals surface area (Å²) in [6, 6.07) is 5.19. The van der Waals surface area contributed by atoms with E-state index in [0.29, 0.717) is 29.6 Å². The highest BCUT2D eigenvalue weighted by Crippen LogP contribution is 2.29. The van der Waals surface area contributed by atoms with Crippen molar-refractivity contribution in [3.05, 3.63) is 47.0 Å². The molecule has 0 saturated carbocycles. The maximum Gasteiger partial charge on any atom is 0.260 e. The van der Waals surface area contributed by atoms with Gasteiger partial charge >= 0.3 is 0 Å². The van der Waals surface area contributed by atoms with Gasteiger partial charge in [0.2, 0.25) is 0 Å². The van der Waals surface area contributed by atoms with Crippen LogP contribution in [0.1, 0.15) is 6.42 Å². The van der Waals surface area contributed by atoms with E-state index in [-0.39, 0.29) is 6.54 Å². The monoisotopic (exact) mass is 347 g/mol. The summed E-state index contributed by atoms with van der Waals surface area (Å²) in [5.74, 6) is 1.41. The lowest BCUT2D eigenvalue weighted by molar-refractivity contribution is -0.463. The van der Waals surface area contributed by atoms with Gasteiger partial charge in [-0.1, -0.05) is 0 Å². The van der Waals surface area contributed by atoms with Gasteiger partial charge in [-0.3, -0.25) is 15.1 Å². The smallest absolute Gasteiger partial charge is 0.260 e. The zero-order valence-corrected chi connectivity index (χ0v) is 14.2. The molecule has 0 saturated heterocycles. The molecule has 1 aromatic heterocycles. The molecular formula is C16H21N5O4. The number of anilines is 1. The maximum absolute atomic E-state index is 10.9. The lowest BCUT2D eigenvalue weighted by Crippen LogP contribution is -2.23. The number of rotatable bonds is 9. The summed E-state index contributed by atoms with van der Waals surface area (Å²) in [7, 11) is 3.08. The van der Waals surface area contributed by atoms with Gasteiger partial charge in [0.15, 0.2) is 17.3 Å². The van der Waals surface area contributed by atoms with E-state index in [4.69, 9.17) is 9.47 Å². The van der Waals surface area contributed by atoms with Crippen LogP contribution in [0, 0.1) is 10.1 Å². The SMILES string of the molecule is COc1ccc(NC(C[N+](=O)[O-])=NCCCn2ccnc2)cc1OC. The lowest BCUT2D eigenvalue weighted by atomic mass is 10.2. The molecule has 0 aliphatic heterocycles. The molecule has 134 valence electrons. The molecule has 25 heavy (non-hydrogen) atoms.